The van der Waals surface area contributed by atoms with Crippen molar-refractivity contribution in [3.63, 3.8) is 0 Å². The Morgan fingerprint density at radius 1 is 1.26 bits per heavy atom. The zero-order valence-electron chi connectivity index (χ0n) is 12.5. The molecule has 0 bridgehead atoms. The second-order valence-corrected chi connectivity index (χ2v) is 5.97. The normalized spacial score (nSPS) is 20.9. The van der Waals surface area contributed by atoms with Gasteiger partial charge in [-0.2, -0.15) is 0 Å². The molecule has 1 aliphatic rings. The Hall–Kier alpha value is -0.860. The van der Waals surface area contributed by atoms with E-state index in [-0.39, 0.29) is 0 Å². The monoisotopic (exact) mass is 261 g/mol. The van der Waals surface area contributed by atoms with Crippen LogP contribution in [0.15, 0.2) is 24.3 Å². The standard InChI is InChI=1S/C17H27NO/c1-13(2)17(12-19-3)18-16-11-7-5-9-14-8-4-6-10-15(14)16/h4,6,8,10,13,16-18H,5,7,9,11-12H2,1-3H3. The summed E-state index contributed by atoms with van der Waals surface area (Å²) in [6, 6.07) is 9.83. The van der Waals surface area contributed by atoms with Crippen LogP contribution in [0.2, 0.25) is 0 Å². The van der Waals surface area contributed by atoms with E-state index < -0.39 is 0 Å². The van der Waals surface area contributed by atoms with E-state index in [1.165, 1.54) is 36.8 Å². The number of rotatable bonds is 5. The van der Waals surface area contributed by atoms with Gasteiger partial charge in [-0.25, -0.2) is 0 Å². The van der Waals surface area contributed by atoms with Gasteiger partial charge in [0.2, 0.25) is 0 Å². The van der Waals surface area contributed by atoms with Gasteiger partial charge in [0.15, 0.2) is 0 Å². The van der Waals surface area contributed by atoms with Gasteiger partial charge in [-0.05, 0) is 36.3 Å². The molecule has 1 aliphatic carbocycles. The van der Waals surface area contributed by atoms with Crippen LogP contribution in [0.4, 0.5) is 0 Å². The summed E-state index contributed by atoms with van der Waals surface area (Å²) in [6.07, 6.45) is 5.09. The number of benzene rings is 1. The molecule has 2 heteroatoms. The fourth-order valence-electron chi connectivity index (χ4n) is 2.97. The molecule has 0 radical (unpaired) electrons. The van der Waals surface area contributed by atoms with Gasteiger partial charge >= 0.3 is 0 Å². The Balaban J connectivity index is 2.14. The van der Waals surface area contributed by atoms with Gasteiger partial charge in [0.1, 0.15) is 0 Å². The molecule has 0 aliphatic heterocycles. The second kappa shape index (κ2) is 7.06. The maximum absolute atomic E-state index is 5.36. The first kappa shape index (κ1) is 14.5. The van der Waals surface area contributed by atoms with Crippen LogP contribution in [-0.2, 0) is 11.2 Å². The van der Waals surface area contributed by atoms with E-state index in [0.717, 1.165) is 6.61 Å². The third-order valence-electron chi connectivity index (χ3n) is 4.19. The summed E-state index contributed by atoms with van der Waals surface area (Å²) in [5.41, 5.74) is 3.03. The van der Waals surface area contributed by atoms with E-state index in [0.29, 0.717) is 18.0 Å². The SMILES string of the molecule is COCC(NC1CCCCc2ccccc21)C(C)C. The van der Waals surface area contributed by atoms with Crippen molar-refractivity contribution >= 4 is 0 Å². The lowest BCUT2D eigenvalue weighted by molar-refractivity contribution is 0.139. The number of methoxy groups -OCH3 is 1. The van der Waals surface area contributed by atoms with Gasteiger partial charge < -0.3 is 10.1 Å². The van der Waals surface area contributed by atoms with Gasteiger partial charge in [-0.1, -0.05) is 44.5 Å². The maximum atomic E-state index is 5.36. The molecule has 19 heavy (non-hydrogen) atoms. The van der Waals surface area contributed by atoms with Crippen LogP contribution < -0.4 is 5.32 Å². The van der Waals surface area contributed by atoms with Gasteiger partial charge in [-0.15, -0.1) is 0 Å². The highest BCUT2D eigenvalue weighted by atomic mass is 16.5. The molecule has 2 nitrogen and oxygen atoms in total. The van der Waals surface area contributed by atoms with Crippen molar-refractivity contribution in [1.82, 2.24) is 5.32 Å². The maximum Gasteiger partial charge on any atom is 0.0618 e. The summed E-state index contributed by atoms with van der Waals surface area (Å²) in [4.78, 5) is 0. The first-order valence-electron chi connectivity index (χ1n) is 7.55. The smallest absolute Gasteiger partial charge is 0.0618 e. The highest BCUT2D eigenvalue weighted by Crippen LogP contribution is 2.29. The summed E-state index contributed by atoms with van der Waals surface area (Å²) in [6.45, 7) is 5.31. The second-order valence-electron chi connectivity index (χ2n) is 5.97. The van der Waals surface area contributed by atoms with Crippen molar-refractivity contribution in [2.24, 2.45) is 5.92 Å². The van der Waals surface area contributed by atoms with Gasteiger partial charge in [0, 0.05) is 19.2 Å². The van der Waals surface area contributed by atoms with Gasteiger partial charge in [0.05, 0.1) is 6.61 Å². The average molecular weight is 261 g/mol. The molecule has 0 aromatic heterocycles. The Labute approximate surface area is 117 Å². The fraction of sp³-hybridized carbons (Fsp3) is 0.647. The van der Waals surface area contributed by atoms with Crippen LogP contribution in [0.1, 0.15) is 50.3 Å². The van der Waals surface area contributed by atoms with Crippen molar-refractivity contribution in [1.29, 1.82) is 0 Å². The molecule has 0 amide bonds. The van der Waals surface area contributed by atoms with Crippen molar-refractivity contribution in [2.75, 3.05) is 13.7 Å². The van der Waals surface area contributed by atoms with Gasteiger partial charge in [0.25, 0.3) is 0 Å². The quantitative estimate of drug-likeness (QED) is 0.816. The van der Waals surface area contributed by atoms with Crippen LogP contribution in [0.3, 0.4) is 0 Å². The minimum atomic E-state index is 0.432. The number of ether oxygens (including phenoxy) is 1. The Morgan fingerprint density at radius 2 is 2.05 bits per heavy atom. The van der Waals surface area contributed by atoms with E-state index >= 15 is 0 Å². The van der Waals surface area contributed by atoms with E-state index in [4.69, 9.17) is 4.74 Å². The predicted octanol–water partition coefficient (Wildman–Crippen LogP) is 3.71. The number of aryl methyl sites for hydroxylation is 1. The lowest BCUT2D eigenvalue weighted by atomic mass is 9.96. The van der Waals surface area contributed by atoms with Crippen molar-refractivity contribution in [3.05, 3.63) is 35.4 Å². The lowest BCUT2D eigenvalue weighted by Gasteiger charge is -2.28. The summed E-state index contributed by atoms with van der Waals surface area (Å²) in [5, 5.41) is 3.83. The number of hydrogen-bond donors (Lipinski definition) is 1. The molecule has 0 saturated heterocycles. The van der Waals surface area contributed by atoms with Crippen LogP contribution in [0.25, 0.3) is 0 Å². The summed E-state index contributed by atoms with van der Waals surface area (Å²) in [7, 11) is 1.79. The highest BCUT2D eigenvalue weighted by molar-refractivity contribution is 5.31. The molecule has 1 aromatic rings. The molecule has 2 atom stereocenters. The minimum absolute atomic E-state index is 0.432. The predicted molar refractivity (Wildman–Crippen MR) is 80.4 cm³/mol. The van der Waals surface area contributed by atoms with Crippen LogP contribution >= 0.6 is 0 Å². The average Bonchev–Trinajstić information content (AvgIpc) is 2.61. The molecule has 1 N–H and O–H groups in total. The molecule has 106 valence electrons. The zero-order valence-corrected chi connectivity index (χ0v) is 12.5. The molecule has 0 fully saturated rings. The first-order chi connectivity index (χ1) is 9.22. The molecule has 2 unspecified atom stereocenters. The summed E-state index contributed by atoms with van der Waals surface area (Å²) >= 11 is 0. The number of fused-ring (bicyclic) bond motifs is 1. The zero-order chi connectivity index (χ0) is 13.7. The topological polar surface area (TPSA) is 21.3 Å². The van der Waals surface area contributed by atoms with E-state index in [2.05, 4.69) is 43.4 Å². The molecule has 0 spiro atoms. The highest BCUT2D eigenvalue weighted by Gasteiger charge is 2.22. The van der Waals surface area contributed by atoms with Crippen LogP contribution in [0.5, 0.6) is 0 Å². The fourth-order valence-corrected chi connectivity index (χ4v) is 2.97. The van der Waals surface area contributed by atoms with Crippen molar-refractivity contribution in [2.45, 2.75) is 51.6 Å². The van der Waals surface area contributed by atoms with E-state index in [1.807, 2.05) is 0 Å². The largest absolute Gasteiger partial charge is 0.383 e. The minimum Gasteiger partial charge on any atom is -0.383 e. The lowest BCUT2D eigenvalue weighted by Crippen LogP contribution is -2.40. The molecule has 0 saturated carbocycles. The summed E-state index contributed by atoms with van der Waals surface area (Å²) in [5.74, 6) is 0.593. The molecular weight excluding hydrogens is 234 g/mol. The van der Waals surface area contributed by atoms with Crippen LogP contribution in [0, 0.1) is 5.92 Å². The number of hydrogen-bond acceptors (Lipinski definition) is 2. The van der Waals surface area contributed by atoms with Gasteiger partial charge in [-0.3, -0.25) is 0 Å². The van der Waals surface area contributed by atoms with Crippen molar-refractivity contribution in [3.8, 4) is 0 Å². The number of nitrogens with one attached hydrogen (secondary N) is 1. The Bertz CT molecular complexity index is 389. The molecular formula is C17H27NO. The third-order valence-corrected chi connectivity index (χ3v) is 4.19. The summed E-state index contributed by atoms with van der Waals surface area (Å²) < 4.78 is 5.36. The third kappa shape index (κ3) is 3.80. The molecule has 0 heterocycles. The van der Waals surface area contributed by atoms with Crippen molar-refractivity contribution < 1.29 is 4.74 Å². The van der Waals surface area contributed by atoms with Crippen LogP contribution in [-0.4, -0.2) is 19.8 Å². The molecule has 2 rings (SSSR count). The molecule has 1 aromatic carbocycles. The Morgan fingerprint density at radius 3 is 2.79 bits per heavy atom. The van der Waals surface area contributed by atoms with E-state index in [9.17, 15) is 0 Å². The Kier molecular flexibility index (Phi) is 5.41. The first-order valence-corrected chi connectivity index (χ1v) is 7.55. The van der Waals surface area contributed by atoms with E-state index in [1.54, 1.807) is 7.11 Å².